The van der Waals surface area contributed by atoms with Crippen LogP contribution in [-0.2, 0) is 0 Å². The Balaban J connectivity index is 1.93. The normalized spacial score (nSPS) is 24.7. The van der Waals surface area contributed by atoms with Gasteiger partial charge in [0.2, 0.25) is 17.6 Å². The number of nitrogens with zero attached hydrogens (tertiary/aromatic N) is 6. The zero-order valence-corrected chi connectivity index (χ0v) is 15.9. The molecule has 9 nitrogen and oxygen atoms in total. The predicted octanol–water partition coefficient (Wildman–Crippen LogP) is 1.59. The lowest BCUT2D eigenvalue weighted by Gasteiger charge is -2.37. The standard InChI is InChI=1S/C17H29N7O2/c1-4-21-5-7-22(8-6-21)17-19-15(18)14(24(25)26)16(20-17)23-10-12(2)9-13(3)11-23/h12-13H,4-11H2,1-3H3,(H2,18,19,20)/t12-,13-/m0/s1. The smallest absolute Gasteiger partial charge is 0.353 e. The number of likely N-dealkylation sites (N-methyl/N-ethyl adjacent to an activating group) is 1. The van der Waals surface area contributed by atoms with Gasteiger partial charge < -0.3 is 20.4 Å². The highest BCUT2D eigenvalue weighted by Gasteiger charge is 2.32. The van der Waals surface area contributed by atoms with Crippen molar-refractivity contribution in [2.24, 2.45) is 11.8 Å². The molecule has 1 aromatic rings. The lowest BCUT2D eigenvalue weighted by Crippen LogP contribution is -2.47. The topological polar surface area (TPSA) is 105 Å². The third kappa shape index (κ3) is 3.82. The van der Waals surface area contributed by atoms with E-state index in [-0.39, 0.29) is 11.5 Å². The van der Waals surface area contributed by atoms with Crippen molar-refractivity contribution in [2.75, 3.05) is 61.3 Å². The van der Waals surface area contributed by atoms with Gasteiger partial charge in [-0.3, -0.25) is 10.1 Å². The van der Waals surface area contributed by atoms with Crippen LogP contribution in [0.25, 0.3) is 0 Å². The Labute approximate surface area is 154 Å². The second kappa shape index (κ2) is 7.61. The van der Waals surface area contributed by atoms with Crippen molar-refractivity contribution in [3.05, 3.63) is 10.1 Å². The van der Waals surface area contributed by atoms with E-state index in [0.717, 1.165) is 52.2 Å². The SMILES string of the molecule is CCN1CCN(c2nc(N)c([N+](=O)[O-])c(N3C[C@@H](C)C[C@H](C)C3)n2)CC1. The molecule has 0 aliphatic carbocycles. The van der Waals surface area contributed by atoms with E-state index in [1.807, 2.05) is 4.90 Å². The van der Waals surface area contributed by atoms with E-state index in [0.29, 0.717) is 23.6 Å². The molecule has 0 radical (unpaired) electrons. The second-order valence-corrected chi connectivity index (χ2v) is 7.61. The molecule has 0 saturated carbocycles. The largest absolute Gasteiger partial charge is 0.378 e. The van der Waals surface area contributed by atoms with E-state index in [1.54, 1.807) is 0 Å². The zero-order valence-electron chi connectivity index (χ0n) is 15.9. The van der Waals surface area contributed by atoms with E-state index in [4.69, 9.17) is 5.73 Å². The predicted molar refractivity (Wildman–Crippen MR) is 103 cm³/mol. The van der Waals surface area contributed by atoms with E-state index in [9.17, 15) is 10.1 Å². The molecule has 2 saturated heterocycles. The van der Waals surface area contributed by atoms with Gasteiger partial charge in [-0.1, -0.05) is 20.8 Å². The molecule has 2 N–H and O–H groups in total. The number of piperidine rings is 1. The van der Waals surface area contributed by atoms with Crippen LogP contribution in [0.5, 0.6) is 0 Å². The van der Waals surface area contributed by atoms with Crippen molar-refractivity contribution >= 4 is 23.3 Å². The summed E-state index contributed by atoms with van der Waals surface area (Å²) >= 11 is 0. The second-order valence-electron chi connectivity index (χ2n) is 7.61. The number of hydrogen-bond acceptors (Lipinski definition) is 8. The summed E-state index contributed by atoms with van der Waals surface area (Å²) < 4.78 is 0. The van der Waals surface area contributed by atoms with Crippen molar-refractivity contribution in [3.8, 4) is 0 Å². The van der Waals surface area contributed by atoms with Crippen molar-refractivity contribution < 1.29 is 4.92 Å². The summed E-state index contributed by atoms with van der Waals surface area (Å²) in [4.78, 5) is 26.5. The van der Waals surface area contributed by atoms with Gasteiger partial charge in [-0.15, -0.1) is 0 Å². The minimum Gasteiger partial charge on any atom is -0.378 e. The maximum Gasteiger partial charge on any atom is 0.353 e. The van der Waals surface area contributed by atoms with Crippen LogP contribution in [0.3, 0.4) is 0 Å². The summed E-state index contributed by atoms with van der Waals surface area (Å²) in [5.74, 6) is 1.76. The monoisotopic (exact) mass is 363 g/mol. The fourth-order valence-corrected chi connectivity index (χ4v) is 4.08. The van der Waals surface area contributed by atoms with Gasteiger partial charge in [0.1, 0.15) is 0 Å². The molecule has 0 aromatic carbocycles. The van der Waals surface area contributed by atoms with Crippen molar-refractivity contribution in [1.29, 1.82) is 0 Å². The molecule has 0 bridgehead atoms. The van der Waals surface area contributed by atoms with Gasteiger partial charge in [-0.25, -0.2) is 0 Å². The highest BCUT2D eigenvalue weighted by Crippen LogP contribution is 2.36. The van der Waals surface area contributed by atoms with E-state index in [2.05, 4.69) is 40.5 Å². The van der Waals surface area contributed by atoms with E-state index in [1.165, 1.54) is 0 Å². The van der Waals surface area contributed by atoms with Crippen molar-refractivity contribution in [3.63, 3.8) is 0 Å². The van der Waals surface area contributed by atoms with E-state index >= 15 is 0 Å². The van der Waals surface area contributed by atoms with Crippen LogP contribution in [0.15, 0.2) is 0 Å². The highest BCUT2D eigenvalue weighted by molar-refractivity contribution is 5.71. The fraction of sp³-hybridized carbons (Fsp3) is 0.765. The Morgan fingerprint density at radius 3 is 2.27 bits per heavy atom. The number of nitrogen functional groups attached to an aromatic ring is 1. The Bertz CT molecular complexity index is 651. The summed E-state index contributed by atoms with van der Waals surface area (Å²) in [5.41, 5.74) is 5.84. The molecule has 144 valence electrons. The van der Waals surface area contributed by atoms with Crippen molar-refractivity contribution in [2.45, 2.75) is 27.2 Å². The average Bonchev–Trinajstić information content (AvgIpc) is 2.60. The molecule has 0 amide bonds. The van der Waals surface area contributed by atoms with Gasteiger partial charge in [0.25, 0.3) is 0 Å². The molecule has 1 aromatic heterocycles. The number of nitro groups is 1. The van der Waals surface area contributed by atoms with Crippen LogP contribution < -0.4 is 15.5 Å². The van der Waals surface area contributed by atoms with Gasteiger partial charge in [-0.05, 0) is 24.8 Å². The molecule has 2 fully saturated rings. The van der Waals surface area contributed by atoms with Crippen LogP contribution in [0, 0.1) is 22.0 Å². The molecule has 0 spiro atoms. The first-order valence-electron chi connectivity index (χ1n) is 9.43. The third-order valence-electron chi connectivity index (χ3n) is 5.33. The summed E-state index contributed by atoms with van der Waals surface area (Å²) in [6.07, 6.45) is 1.12. The van der Waals surface area contributed by atoms with Crippen LogP contribution in [0.4, 0.5) is 23.3 Å². The summed E-state index contributed by atoms with van der Waals surface area (Å²) in [5, 5.41) is 11.6. The minimum absolute atomic E-state index is 0.0428. The van der Waals surface area contributed by atoms with Gasteiger partial charge >= 0.3 is 5.69 Å². The molecule has 0 unspecified atom stereocenters. The Hall–Kier alpha value is -2.16. The number of anilines is 3. The van der Waals surface area contributed by atoms with Crippen LogP contribution in [0.1, 0.15) is 27.2 Å². The van der Waals surface area contributed by atoms with Gasteiger partial charge in [0.15, 0.2) is 0 Å². The molecule has 2 aliphatic heterocycles. The Kier molecular flexibility index (Phi) is 5.45. The number of aromatic nitrogens is 2. The Morgan fingerprint density at radius 1 is 1.12 bits per heavy atom. The molecule has 9 heteroatoms. The maximum absolute atomic E-state index is 11.6. The summed E-state index contributed by atoms with van der Waals surface area (Å²) in [7, 11) is 0. The molecular weight excluding hydrogens is 334 g/mol. The average molecular weight is 363 g/mol. The molecule has 2 atom stereocenters. The summed E-state index contributed by atoms with van der Waals surface area (Å²) in [6, 6.07) is 0. The highest BCUT2D eigenvalue weighted by atomic mass is 16.6. The first-order chi connectivity index (χ1) is 12.4. The van der Waals surface area contributed by atoms with Crippen LogP contribution in [-0.4, -0.2) is 65.6 Å². The first kappa shape index (κ1) is 18.6. The molecule has 3 heterocycles. The van der Waals surface area contributed by atoms with E-state index < -0.39 is 4.92 Å². The summed E-state index contributed by atoms with van der Waals surface area (Å²) in [6.45, 7) is 12.5. The molecule has 26 heavy (non-hydrogen) atoms. The minimum atomic E-state index is -0.451. The molecule has 2 aliphatic rings. The number of piperazine rings is 1. The van der Waals surface area contributed by atoms with Crippen LogP contribution >= 0.6 is 0 Å². The van der Waals surface area contributed by atoms with Gasteiger partial charge in [-0.2, -0.15) is 9.97 Å². The first-order valence-corrected chi connectivity index (χ1v) is 9.43. The lowest BCUT2D eigenvalue weighted by atomic mass is 9.92. The van der Waals surface area contributed by atoms with Gasteiger partial charge in [0.05, 0.1) is 4.92 Å². The Morgan fingerprint density at radius 2 is 1.73 bits per heavy atom. The molecule has 3 rings (SSSR count). The number of hydrogen-bond donors (Lipinski definition) is 1. The van der Waals surface area contributed by atoms with Crippen molar-refractivity contribution in [1.82, 2.24) is 14.9 Å². The third-order valence-corrected chi connectivity index (χ3v) is 5.33. The maximum atomic E-state index is 11.6. The van der Waals surface area contributed by atoms with Crippen LogP contribution in [0.2, 0.25) is 0 Å². The number of rotatable bonds is 4. The fourth-order valence-electron chi connectivity index (χ4n) is 4.08. The quantitative estimate of drug-likeness (QED) is 0.635. The number of nitrogens with two attached hydrogens (primary N) is 1. The van der Waals surface area contributed by atoms with Gasteiger partial charge in [0, 0.05) is 39.3 Å². The zero-order chi connectivity index (χ0) is 18.8. The lowest BCUT2D eigenvalue weighted by molar-refractivity contribution is -0.383. The molecular formula is C17H29N7O2.